The number of rotatable bonds is 2. The second kappa shape index (κ2) is 3.49. The summed E-state index contributed by atoms with van der Waals surface area (Å²) in [6, 6.07) is 2.14. The molecule has 0 radical (unpaired) electrons. The fraction of sp³-hybridized carbons (Fsp3) is 0.125. The topological polar surface area (TPSA) is 37.3 Å². The summed E-state index contributed by atoms with van der Waals surface area (Å²) in [5.74, 6) is -7.52. The van der Waals surface area contributed by atoms with E-state index in [1.807, 2.05) is 0 Å². The summed E-state index contributed by atoms with van der Waals surface area (Å²) in [7, 11) is 0. The quantitative estimate of drug-likeness (QED) is 0.839. The van der Waals surface area contributed by atoms with Gasteiger partial charge in [-0.2, -0.15) is 8.78 Å². The second-order valence-electron chi connectivity index (χ2n) is 2.50. The molecular weight excluding hydrogens is 221 g/mol. The lowest BCUT2D eigenvalue weighted by Gasteiger charge is -2.12. The number of carboxylic acids is 1. The third-order valence-corrected chi connectivity index (χ3v) is 1.86. The highest BCUT2D eigenvalue weighted by atomic mass is 35.5. The van der Waals surface area contributed by atoms with Gasteiger partial charge in [0.15, 0.2) is 0 Å². The third-order valence-electron chi connectivity index (χ3n) is 1.54. The van der Waals surface area contributed by atoms with Crippen molar-refractivity contribution >= 4 is 17.6 Å². The molecule has 0 aliphatic carbocycles. The molecule has 0 aromatic heterocycles. The second-order valence-corrected chi connectivity index (χ2v) is 2.91. The van der Waals surface area contributed by atoms with Crippen LogP contribution in [0, 0.1) is 5.82 Å². The summed E-state index contributed by atoms with van der Waals surface area (Å²) in [6.45, 7) is 0. The average Bonchev–Trinajstić information content (AvgIpc) is 2.08. The first-order chi connectivity index (χ1) is 6.35. The van der Waals surface area contributed by atoms with E-state index in [9.17, 15) is 18.0 Å². The standard InChI is InChI=1S/C8H4ClF3O2/c9-6-2-1-4(10)3-5(6)8(11,12)7(13)14/h1-3H,(H,13,14). The highest BCUT2D eigenvalue weighted by Gasteiger charge is 2.42. The van der Waals surface area contributed by atoms with Gasteiger partial charge in [-0.25, -0.2) is 9.18 Å². The molecular formula is C8H4ClF3O2. The molecule has 0 atom stereocenters. The fourth-order valence-electron chi connectivity index (χ4n) is 0.853. The van der Waals surface area contributed by atoms with Crippen LogP contribution in [0.2, 0.25) is 5.02 Å². The maximum atomic E-state index is 12.9. The Labute approximate surface area is 81.9 Å². The van der Waals surface area contributed by atoms with E-state index < -0.39 is 28.3 Å². The van der Waals surface area contributed by atoms with Gasteiger partial charge in [-0.05, 0) is 18.2 Å². The number of aliphatic carboxylic acids is 1. The van der Waals surface area contributed by atoms with E-state index in [-0.39, 0.29) is 0 Å². The normalized spacial score (nSPS) is 11.4. The van der Waals surface area contributed by atoms with Gasteiger partial charge >= 0.3 is 11.9 Å². The van der Waals surface area contributed by atoms with Crippen molar-refractivity contribution in [2.24, 2.45) is 0 Å². The van der Waals surface area contributed by atoms with Crippen LogP contribution < -0.4 is 0 Å². The summed E-state index contributed by atoms with van der Waals surface area (Å²) < 4.78 is 38.3. The molecule has 1 aromatic carbocycles. The smallest absolute Gasteiger partial charge is 0.379 e. The van der Waals surface area contributed by atoms with Crippen molar-refractivity contribution in [1.29, 1.82) is 0 Å². The van der Waals surface area contributed by atoms with Gasteiger partial charge in [0.1, 0.15) is 5.82 Å². The number of halogens is 4. The van der Waals surface area contributed by atoms with Gasteiger partial charge in [0.2, 0.25) is 0 Å². The highest BCUT2D eigenvalue weighted by Crippen LogP contribution is 2.33. The molecule has 0 aliphatic heterocycles. The van der Waals surface area contributed by atoms with Gasteiger partial charge < -0.3 is 5.11 Å². The van der Waals surface area contributed by atoms with E-state index in [1.165, 1.54) is 0 Å². The van der Waals surface area contributed by atoms with Gasteiger partial charge in [0.25, 0.3) is 0 Å². The Morgan fingerprint density at radius 3 is 2.50 bits per heavy atom. The van der Waals surface area contributed by atoms with Gasteiger partial charge in [-0.15, -0.1) is 0 Å². The van der Waals surface area contributed by atoms with E-state index >= 15 is 0 Å². The van der Waals surface area contributed by atoms with Crippen molar-refractivity contribution in [3.8, 4) is 0 Å². The molecule has 0 unspecified atom stereocenters. The maximum absolute atomic E-state index is 12.9. The van der Waals surface area contributed by atoms with Crippen LogP contribution in [0.25, 0.3) is 0 Å². The summed E-state index contributed by atoms with van der Waals surface area (Å²) in [6.07, 6.45) is 0. The number of hydrogen-bond acceptors (Lipinski definition) is 1. The lowest BCUT2D eigenvalue weighted by atomic mass is 10.1. The van der Waals surface area contributed by atoms with E-state index in [1.54, 1.807) is 0 Å². The van der Waals surface area contributed by atoms with Gasteiger partial charge in [0, 0.05) is 0 Å². The fourth-order valence-corrected chi connectivity index (χ4v) is 1.09. The largest absolute Gasteiger partial charge is 0.477 e. The Hall–Kier alpha value is -1.23. The predicted octanol–water partition coefficient (Wildman–Crippen LogP) is 2.66. The van der Waals surface area contributed by atoms with E-state index in [4.69, 9.17) is 16.7 Å². The van der Waals surface area contributed by atoms with Crippen LogP contribution in [0.5, 0.6) is 0 Å². The molecule has 76 valence electrons. The molecule has 0 amide bonds. The van der Waals surface area contributed by atoms with E-state index in [0.717, 1.165) is 12.1 Å². The Bertz CT molecular complexity index is 379. The van der Waals surface area contributed by atoms with Crippen molar-refractivity contribution in [3.63, 3.8) is 0 Å². The number of alkyl halides is 2. The van der Waals surface area contributed by atoms with Gasteiger partial charge in [-0.3, -0.25) is 0 Å². The highest BCUT2D eigenvalue weighted by molar-refractivity contribution is 6.31. The van der Waals surface area contributed by atoms with Crippen molar-refractivity contribution in [2.45, 2.75) is 5.92 Å². The van der Waals surface area contributed by atoms with Crippen LogP contribution in [0.15, 0.2) is 18.2 Å². The Morgan fingerprint density at radius 2 is 2.00 bits per heavy atom. The SMILES string of the molecule is O=C(O)C(F)(F)c1cc(F)ccc1Cl. The van der Waals surface area contributed by atoms with Crippen LogP contribution in [0.1, 0.15) is 5.56 Å². The molecule has 0 heterocycles. The van der Waals surface area contributed by atoms with Crippen LogP contribution in [-0.2, 0) is 10.7 Å². The monoisotopic (exact) mass is 224 g/mol. The van der Waals surface area contributed by atoms with Crippen LogP contribution in [-0.4, -0.2) is 11.1 Å². The Balaban J connectivity index is 3.31. The molecule has 1 N–H and O–H groups in total. The summed E-state index contributed by atoms with van der Waals surface area (Å²) in [5, 5.41) is 7.69. The Kier molecular flexibility index (Phi) is 2.71. The van der Waals surface area contributed by atoms with E-state index in [0.29, 0.717) is 6.07 Å². The molecule has 0 fully saturated rings. The lowest BCUT2D eigenvalue weighted by Crippen LogP contribution is -2.25. The molecule has 1 aromatic rings. The van der Waals surface area contributed by atoms with Crippen molar-refractivity contribution < 1.29 is 23.1 Å². The molecule has 1 rings (SSSR count). The first kappa shape index (κ1) is 10.8. The average molecular weight is 225 g/mol. The summed E-state index contributed by atoms with van der Waals surface area (Å²) >= 11 is 5.31. The first-order valence-electron chi connectivity index (χ1n) is 3.42. The summed E-state index contributed by atoms with van der Waals surface area (Å²) in [5.41, 5.74) is -1.05. The maximum Gasteiger partial charge on any atom is 0.379 e. The molecule has 14 heavy (non-hydrogen) atoms. The van der Waals surface area contributed by atoms with Gasteiger partial charge in [0.05, 0.1) is 10.6 Å². The molecule has 0 bridgehead atoms. The molecule has 0 aliphatic rings. The zero-order valence-corrected chi connectivity index (χ0v) is 7.36. The minimum Gasteiger partial charge on any atom is -0.477 e. The molecule has 0 saturated carbocycles. The van der Waals surface area contributed by atoms with Gasteiger partial charge in [-0.1, -0.05) is 11.6 Å². The number of carboxylic acid groups (broad SMARTS) is 1. The van der Waals surface area contributed by atoms with Crippen LogP contribution >= 0.6 is 11.6 Å². The van der Waals surface area contributed by atoms with E-state index in [2.05, 4.69) is 0 Å². The molecule has 6 heteroatoms. The minimum absolute atomic E-state index is 0.399. The number of benzene rings is 1. The number of carbonyl (C=O) groups is 1. The Morgan fingerprint density at radius 1 is 1.43 bits per heavy atom. The molecule has 0 spiro atoms. The van der Waals surface area contributed by atoms with Crippen LogP contribution in [0.3, 0.4) is 0 Å². The van der Waals surface area contributed by atoms with Crippen molar-refractivity contribution in [3.05, 3.63) is 34.6 Å². The van der Waals surface area contributed by atoms with Crippen molar-refractivity contribution in [1.82, 2.24) is 0 Å². The zero-order chi connectivity index (χ0) is 10.9. The van der Waals surface area contributed by atoms with Crippen molar-refractivity contribution in [2.75, 3.05) is 0 Å². The summed E-state index contributed by atoms with van der Waals surface area (Å²) in [4.78, 5) is 10.2. The third kappa shape index (κ3) is 1.82. The lowest BCUT2D eigenvalue weighted by molar-refractivity contribution is -0.166. The molecule has 0 saturated heterocycles. The zero-order valence-electron chi connectivity index (χ0n) is 6.60. The number of hydrogen-bond donors (Lipinski definition) is 1. The molecule has 2 nitrogen and oxygen atoms in total. The minimum atomic E-state index is -4.18. The predicted molar refractivity (Wildman–Crippen MR) is 42.9 cm³/mol. The van der Waals surface area contributed by atoms with Crippen LogP contribution in [0.4, 0.5) is 13.2 Å². The first-order valence-corrected chi connectivity index (χ1v) is 3.80.